The number of nitrogens with one attached hydrogen (secondary N) is 1. The monoisotopic (exact) mass is 368 g/mol. The number of amides is 1. The van der Waals surface area contributed by atoms with Crippen molar-refractivity contribution in [1.82, 2.24) is 4.98 Å². The molecule has 1 heterocycles. The summed E-state index contributed by atoms with van der Waals surface area (Å²) in [7, 11) is 1.38. The predicted octanol–water partition coefficient (Wildman–Crippen LogP) is 3.83. The summed E-state index contributed by atoms with van der Waals surface area (Å²) in [6, 6.07) is 5.91. The topological polar surface area (TPSA) is 77.5 Å². The van der Waals surface area contributed by atoms with Crippen LogP contribution in [0.4, 0.5) is 5.82 Å². The molecule has 2 aromatic rings. The van der Waals surface area contributed by atoms with Crippen LogP contribution in [0.5, 0.6) is 5.75 Å². The van der Waals surface area contributed by atoms with E-state index in [4.69, 9.17) is 32.7 Å². The lowest BCUT2D eigenvalue weighted by Gasteiger charge is -2.12. The lowest BCUT2D eigenvalue weighted by Crippen LogP contribution is -2.15. The fourth-order valence-corrected chi connectivity index (χ4v) is 2.43. The lowest BCUT2D eigenvalue weighted by atomic mass is 10.1. The molecule has 1 N–H and O–H groups in total. The minimum absolute atomic E-state index is 0.0787. The van der Waals surface area contributed by atoms with Crippen LogP contribution in [0.3, 0.4) is 0 Å². The van der Waals surface area contributed by atoms with Crippen LogP contribution >= 0.6 is 23.2 Å². The van der Waals surface area contributed by atoms with Gasteiger partial charge in [-0.05, 0) is 31.2 Å². The van der Waals surface area contributed by atoms with Crippen LogP contribution < -0.4 is 10.1 Å². The Hall–Kier alpha value is -2.31. The number of esters is 1. The minimum atomic E-state index is -0.562. The summed E-state index contributed by atoms with van der Waals surface area (Å²) in [5.74, 6) is -0.742. The highest BCUT2D eigenvalue weighted by atomic mass is 35.5. The van der Waals surface area contributed by atoms with Crippen LogP contribution in [-0.4, -0.2) is 30.6 Å². The first-order valence-corrected chi connectivity index (χ1v) is 7.70. The van der Waals surface area contributed by atoms with Crippen molar-refractivity contribution in [1.29, 1.82) is 0 Å². The Balaban J connectivity index is 2.30. The van der Waals surface area contributed by atoms with Gasteiger partial charge in [-0.1, -0.05) is 23.2 Å². The molecule has 0 saturated heterocycles. The molecule has 0 saturated carbocycles. The van der Waals surface area contributed by atoms with Crippen LogP contribution in [0.1, 0.15) is 27.6 Å². The number of methoxy groups -OCH3 is 1. The third-order valence-corrected chi connectivity index (χ3v) is 3.62. The molecule has 1 aromatic heterocycles. The zero-order valence-corrected chi connectivity index (χ0v) is 14.4. The molecule has 0 aliphatic carbocycles. The van der Waals surface area contributed by atoms with Crippen molar-refractivity contribution in [2.75, 3.05) is 19.0 Å². The zero-order chi connectivity index (χ0) is 17.7. The van der Waals surface area contributed by atoms with Gasteiger partial charge in [0.1, 0.15) is 11.4 Å². The summed E-state index contributed by atoms with van der Waals surface area (Å²) in [5.41, 5.74) is 0.348. The summed E-state index contributed by atoms with van der Waals surface area (Å²) in [5, 5.41) is 2.98. The summed E-state index contributed by atoms with van der Waals surface area (Å²) in [6.45, 7) is 1.95. The van der Waals surface area contributed by atoms with E-state index >= 15 is 0 Å². The number of aromatic nitrogens is 1. The van der Waals surface area contributed by atoms with Gasteiger partial charge in [-0.3, -0.25) is 4.79 Å². The van der Waals surface area contributed by atoms with Gasteiger partial charge in [-0.15, -0.1) is 0 Å². The van der Waals surface area contributed by atoms with Gasteiger partial charge in [-0.2, -0.15) is 0 Å². The number of anilines is 1. The number of halogens is 2. The molecule has 24 heavy (non-hydrogen) atoms. The Morgan fingerprint density at radius 3 is 2.58 bits per heavy atom. The van der Waals surface area contributed by atoms with E-state index in [1.807, 2.05) is 0 Å². The van der Waals surface area contributed by atoms with Gasteiger partial charge < -0.3 is 14.8 Å². The molecular weight excluding hydrogens is 355 g/mol. The molecule has 0 atom stereocenters. The third kappa shape index (κ3) is 3.96. The quantitative estimate of drug-likeness (QED) is 0.811. The Kier molecular flexibility index (Phi) is 6.00. The Morgan fingerprint density at radius 1 is 1.21 bits per heavy atom. The number of hydrogen-bond acceptors (Lipinski definition) is 5. The van der Waals surface area contributed by atoms with E-state index in [0.717, 1.165) is 0 Å². The maximum absolute atomic E-state index is 12.5. The molecule has 0 bridgehead atoms. The molecule has 8 heteroatoms. The Morgan fingerprint density at radius 2 is 1.92 bits per heavy atom. The van der Waals surface area contributed by atoms with Gasteiger partial charge in [0.05, 0.1) is 29.3 Å². The van der Waals surface area contributed by atoms with Gasteiger partial charge in [0.15, 0.2) is 5.75 Å². The highest BCUT2D eigenvalue weighted by Gasteiger charge is 2.20. The van der Waals surface area contributed by atoms with E-state index in [2.05, 4.69) is 10.3 Å². The molecule has 6 nitrogen and oxygen atoms in total. The van der Waals surface area contributed by atoms with Crippen molar-refractivity contribution in [2.45, 2.75) is 6.92 Å². The molecule has 0 fully saturated rings. The van der Waals surface area contributed by atoms with Crippen molar-refractivity contribution in [3.05, 3.63) is 51.6 Å². The van der Waals surface area contributed by atoms with Gasteiger partial charge in [0.2, 0.25) is 0 Å². The number of carbonyl (C=O) groups excluding carboxylic acids is 2. The standard InChI is InChI=1S/C16H14Cl2N2O4/c1-3-24-16(22)9-6-7-19-12(8-9)20-15(21)13-10(17)4-5-11(18)14(13)23-2/h4-8H,3H2,1-2H3,(H,19,20,21). The van der Waals surface area contributed by atoms with E-state index < -0.39 is 11.9 Å². The maximum atomic E-state index is 12.5. The predicted molar refractivity (Wildman–Crippen MR) is 91.2 cm³/mol. The second kappa shape index (κ2) is 7.99. The number of pyridine rings is 1. The van der Waals surface area contributed by atoms with Crippen molar-refractivity contribution in [3.63, 3.8) is 0 Å². The highest BCUT2D eigenvalue weighted by molar-refractivity contribution is 6.37. The van der Waals surface area contributed by atoms with Gasteiger partial charge in [0.25, 0.3) is 5.91 Å². The second-order valence-electron chi connectivity index (χ2n) is 4.54. The van der Waals surface area contributed by atoms with Gasteiger partial charge in [-0.25, -0.2) is 9.78 Å². The number of benzene rings is 1. The average molecular weight is 369 g/mol. The molecule has 1 aromatic carbocycles. The normalized spacial score (nSPS) is 10.2. The summed E-state index contributed by atoms with van der Waals surface area (Å²) < 4.78 is 10.0. The first-order valence-electron chi connectivity index (χ1n) is 6.94. The smallest absolute Gasteiger partial charge is 0.338 e. The molecule has 0 aliphatic rings. The summed E-state index contributed by atoms with van der Waals surface area (Å²) in [4.78, 5) is 28.2. The largest absolute Gasteiger partial charge is 0.494 e. The maximum Gasteiger partial charge on any atom is 0.338 e. The number of ether oxygens (including phenoxy) is 2. The van der Waals surface area contributed by atoms with E-state index in [-0.39, 0.29) is 39.3 Å². The molecule has 0 unspecified atom stereocenters. The van der Waals surface area contributed by atoms with Crippen LogP contribution in [0.2, 0.25) is 10.0 Å². The van der Waals surface area contributed by atoms with Crippen LogP contribution in [0.15, 0.2) is 30.5 Å². The highest BCUT2D eigenvalue weighted by Crippen LogP contribution is 2.34. The third-order valence-electron chi connectivity index (χ3n) is 3.00. The Labute approximate surface area is 148 Å². The number of hydrogen-bond donors (Lipinski definition) is 1. The molecule has 0 spiro atoms. The lowest BCUT2D eigenvalue weighted by molar-refractivity contribution is 0.0526. The van der Waals surface area contributed by atoms with E-state index in [1.165, 1.54) is 37.6 Å². The molecule has 0 aliphatic heterocycles. The summed E-state index contributed by atoms with van der Waals surface area (Å²) in [6.07, 6.45) is 1.39. The van der Waals surface area contributed by atoms with Crippen LogP contribution in [0.25, 0.3) is 0 Å². The minimum Gasteiger partial charge on any atom is -0.494 e. The van der Waals surface area contributed by atoms with Crippen molar-refractivity contribution < 1.29 is 19.1 Å². The number of rotatable bonds is 5. The van der Waals surface area contributed by atoms with E-state index in [1.54, 1.807) is 6.92 Å². The van der Waals surface area contributed by atoms with Gasteiger partial charge in [0, 0.05) is 6.20 Å². The zero-order valence-electron chi connectivity index (χ0n) is 12.9. The van der Waals surface area contributed by atoms with Crippen molar-refractivity contribution >= 4 is 40.9 Å². The average Bonchev–Trinajstić information content (AvgIpc) is 2.57. The number of nitrogens with zero attached hydrogens (tertiary/aromatic N) is 1. The SMILES string of the molecule is CCOC(=O)c1ccnc(NC(=O)c2c(Cl)ccc(Cl)c2OC)c1. The van der Waals surface area contributed by atoms with Crippen molar-refractivity contribution in [3.8, 4) is 5.75 Å². The van der Waals surface area contributed by atoms with E-state index in [0.29, 0.717) is 0 Å². The Bertz CT molecular complexity index is 781. The van der Waals surface area contributed by atoms with Crippen molar-refractivity contribution in [2.24, 2.45) is 0 Å². The van der Waals surface area contributed by atoms with Crippen LogP contribution in [0, 0.1) is 0 Å². The molecule has 2 rings (SSSR count). The first kappa shape index (κ1) is 18.0. The summed E-state index contributed by atoms with van der Waals surface area (Å²) >= 11 is 12.1. The molecule has 1 amide bonds. The number of carbonyl (C=O) groups is 2. The van der Waals surface area contributed by atoms with Gasteiger partial charge >= 0.3 is 5.97 Å². The molecular formula is C16H14Cl2N2O4. The fourth-order valence-electron chi connectivity index (χ4n) is 1.96. The second-order valence-corrected chi connectivity index (χ2v) is 5.36. The van der Waals surface area contributed by atoms with Crippen LogP contribution in [-0.2, 0) is 4.74 Å². The first-order chi connectivity index (χ1) is 11.5. The molecule has 126 valence electrons. The molecule has 0 radical (unpaired) electrons. The fraction of sp³-hybridized carbons (Fsp3) is 0.188. The van der Waals surface area contributed by atoms with E-state index in [9.17, 15) is 9.59 Å².